The van der Waals surface area contributed by atoms with Crippen molar-refractivity contribution in [3.63, 3.8) is 0 Å². The summed E-state index contributed by atoms with van der Waals surface area (Å²) in [5.41, 5.74) is 1.80. The molecule has 2 saturated heterocycles. The molecule has 0 unspecified atom stereocenters. The number of imide groups is 2. The van der Waals surface area contributed by atoms with Gasteiger partial charge < -0.3 is 5.11 Å². The van der Waals surface area contributed by atoms with Gasteiger partial charge in [-0.3, -0.25) is 29.0 Å². The van der Waals surface area contributed by atoms with Crippen LogP contribution in [0.3, 0.4) is 0 Å². The third-order valence-corrected chi connectivity index (χ3v) is 11.3. The Labute approximate surface area is 253 Å². The van der Waals surface area contributed by atoms with Crippen molar-refractivity contribution >= 4 is 79.2 Å². The Balaban J connectivity index is 1.44. The molecule has 10 heteroatoms. The van der Waals surface area contributed by atoms with Crippen LogP contribution in [0.1, 0.15) is 24.3 Å². The van der Waals surface area contributed by atoms with Crippen molar-refractivity contribution in [2.75, 3.05) is 11.9 Å². The second-order valence-corrected chi connectivity index (χ2v) is 13.4. The number of phenols is 1. The minimum Gasteiger partial charge on any atom is -0.507 e. The number of carbonyl (C=O) groups is 4. The third-order valence-electron chi connectivity index (χ3n) is 9.34. The van der Waals surface area contributed by atoms with E-state index in [0.29, 0.717) is 27.6 Å². The van der Waals surface area contributed by atoms with Gasteiger partial charge in [0, 0.05) is 22.8 Å². The molecule has 2 aliphatic carbocycles. The predicted octanol–water partition coefficient (Wildman–Crippen LogP) is 5.50. The molecular weight excluding hydrogens is 631 g/mol. The SMILES string of the molecule is CN1C(=O)[C@]2(Cl)C[C@@H]3C(=CC[C@@H]4C(=O)N(c5ccc(Br)cc5)C(=O)[C@@H]43)[C@H](c3ccc(O)c4ccccc34)[C@]2(Cl)C1=O. The standard InChI is InChI=1S/C31H23BrCl2N2O5/c1-35-28(40)30(33)14-22-20(10-11-21-24(22)27(39)36(26(21)38)16-8-6-15(32)7-9-16)25(31(30,34)29(35)41)19-12-13-23(37)18-5-3-2-4-17(18)19/h2-10,12-13,21-22,24-25,37H,11,14H2,1H3/t21-,22+,24-,25-,30+,31-/m0/s1. The summed E-state index contributed by atoms with van der Waals surface area (Å²) in [7, 11) is 1.36. The number of halogens is 3. The van der Waals surface area contributed by atoms with E-state index in [4.69, 9.17) is 23.2 Å². The van der Waals surface area contributed by atoms with Gasteiger partial charge in [-0.05, 0) is 60.0 Å². The fourth-order valence-corrected chi connectivity index (χ4v) is 8.77. The highest BCUT2D eigenvalue weighted by Crippen LogP contribution is 2.66. The zero-order valence-corrected chi connectivity index (χ0v) is 24.8. The van der Waals surface area contributed by atoms with Crippen LogP contribution in [-0.2, 0) is 19.2 Å². The molecule has 3 aromatic rings. The highest BCUT2D eigenvalue weighted by Gasteiger charge is 2.76. The lowest BCUT2D eigenvalue weighted by Gasteiger charge is -2.51. The number of allylic oxidation sites excluding steroid dienone is 2. The first-order valence-electron chi connectivity index (χ1n) is 13.2. The van der Waals surface area contributed by atoms with Gasteiger partial charge in [0.2, 0.25) is 11.8 Å². The number of hydrogen-bond acceptors (Lipinski definition) is 5. The summed E-state index contributed by atoms with van der Waals surface area (Å²) in [5.74, 6) is -4.77. The summed E-state index contributed by atoms with van der Waals surface area (Å²) in [6.45, 7) is 0. The van der Waals surface area contributed by atoms with Crippen molar-refractivity contribution in [1.82, 2.24) is 4.90 Å². The number of nitrogens with zero attached hydrogens (tertiary/aromatic N) is 2. The Morgan fingerprint density at radius 1 is 0.878 bits per heavy atom. The highest BCUT2D eigenvalue weighted by molar-refractivity contribution is 9.10. The van der Waals surface area contributed by atoms with Gasteiger partial charge in [0.25, 0.3) is 11.8 Å². The van der Waals surface area contributed by atoms with E-state index in [-0.39, 0.29) is 30.4 Å². The summed E-state index contributed by atoms with van der Waals surface area (Å²) in [4.78, 5) is 53.7. The van der Waals surface area contributed by atoms with Gasteiger partial charge in [-0.2, -0.15) is 0 Å². The molecule has 1 saturated carbocycles. The molecule has 2 aliphatic heterocycles. The molecule has 208 valence electrons. The third kappa shape index (κ3) is 3.32. The Kier molecular flexibility index (Phi) is 5.79. The van der Waals surface area contributed by atoms with Gasteiger partial charge >= 0.3 is 0 Å². The van der Waals surface area contributed by atoms with E-state index in [0.717, 1.165) is 9.37 Å². The second-order valence-electron chi connectivity index (χ2n) is 11.2. The Hall–Kier alpha value is -3.20. The molecule has 4 aliphatic rings. The fourth-order valence-electron chi connectivity index (χ4n) is 7.49. The van der Waals surface area contributed by atoms with Crippen molar-refractivity contribution in [3.8, 4) is 5.75 Å². The maximum Gasteiger partial charge on any atom is 0.253 e. The zero-order chi connectivity index (χ0) is 29.0. The van der Waals surface area contributed by atoms with Crippen LogP contribution in [0.4, 0.5) is 5.69 Å². The molecule has 2 heterocycles. The molecule has 6 atom stereocenters. The van der Waals surface area contributed by atoms with Gasteiger partial charge in [0.05, 0.1) is 17.5 Å². The number of fused-ring (bicyclic) bond motifs is 5. The van der Waals surface area contributed by atoms with Gasteiger partial charge in [0.1, 0.15) is 5.75 Å². The van der Waals surface area contributed by atoms with E-state index >= 15 is 0 Å². The number of hydrogen-bond donors (Lipinski definition) is 1. The van der Waals surface area contributed by atoms with Gasteiger partial charge in [-0.15, -0.1) is 23.2 Å². The minimum atomic E-state index is -1.88. The van der Waals surface area contributed by atoms with Crippen LogP contribution in [0.2, 0.25) is 0 Å². The highest BCUT2D eigenvalue weighted by atomic mass is 79.9. The van der Waals surface area contributed by atoms with E-state index in [1.165, 1.54) is 18.0 Å². The molecule has 7 rings (SSSR count). The molecule has 1 N–H and O–H groups in total. The lowest BCUT2D eigenvalue weighted by molar-refractivity contribution is -0.138. The minimum absolute atomic E-state index is 0.0582. The average Bonchev–Trinajstić information content (AvgIpc) is 3.29. The number of likely N-dealkylation sites (tertiary alicyclic amines) is 1. The van der Waals surface area contributed by atoms with Crippen molar-refractivity contribution in [2.24, 2.45) is 17.8 Å². The number of aromatic hydroxyl groups is 1. The van der Waals surface area contributed by atoms with E-state index in [1.807, 2.05) is 18.2 Å². The van der Waals surface area contributed by atoms with Crippen LogP contribution in [0.15, 0.2) is 76.8 Å². The molecule has 0 bridgehead atoms. The summed E-state index contributed by atoms with van der Waals surface area (Å²) in [5, 5.41) is 11.8. The predicted molar refractivity (Wildman–Crippen MR) is 158 cm³/mol. The van der Waals surface area contributed by atoms with E-state index < -0.39 is 45.2 Å². The second kappa shape index (κ2) is 8.90. The normalized spacial score (nSPS) is 32.7. The summed E-state index contributed by atoms with van der Waals surface area (Å²) < 4.78 is 0.814. The topological polar surface area (TPSA) is 95.0 Å². The molecule has 4 amide bonds. The van der Waals surface area contributed by atoms with Crippen molar-refractivity contribution in [1.29, 1.82) is 0 Å². The Morgan fingerprint density at radius 2 is 1.56 bits per heavy atom. The van der Waals surface area contributed by atoms with Gasteiger partial charge in [-0.25, -0.2) is 0 Å². The van der Waals surface area contributed by atoms with Crippen LogP contribution in [0.25, 0.3) is 10.8 Å². The first kappa shape index (κ1) is 26.7. The van der Waals surface area contributed by atoms with Crippen LogP contribution < -0.4 is 4.90 Å². The number of anilines is 1. The van der Waals surface area contributed by atoms with Crippen LogP contribution >= 0.6 is 39.1 Å². The number of carbonyl (C=O) groups excluding carboxylic acids is 4. The van der Waals surface area contributed by atoms with Gasteiger partial charge in [-0.1, -0.05) is 57.9 Å². The first-order valence-corrected chi connectivity index (χ1v) is 14.8. The van der Waals surface area contributed by atoms with E-state index in [1.54, 1.807) is 42.5 Å². The number of benzene rings is 3. The fraction of sp³-hybridized carbons (Fsp3) is 0.290. The van der Waals surface area contributed by atoms with Crippen LogP contribution in [0.5, 0.6) is 5.75 Å². The number of phenolic OH excluding ortho intramolecular Hbond substituents is 1. The van der Waals surface area contributed by atoms with E-state index in [9.17, 15) is 24.3 Å². The van der Waals surface area contributed by atoms with Gasteiger partial charge in [0.15, 0.2) is 9.75 Å². The first-order chi connectivity index (χ1) is 19.5. The molecule has 7 nitrogen and oxygen atoms in total. The smallest absolute Gasteiger partial charge is 0.253 e. The lowest BCUT2D eigenvalue weighted by atomic mass is 9.56. The number of rotatable bonds is 2. The maximum atomic E-state index is 14.1. The van der Waals surface area contributed by atoms with Crippen molar-refractivity contribution in [2.45, 2.75) is 28.5 Å². The van der Waals surface area contributed by atoms with Crippen molar-refractivity contribution < 1.29 is 24.3 Å². The summed E-state index contributed by atoms with van der Waals surface area (Å²) in [6.07, 6.45) is 2.12. The molecule has 0 aromatic heterocycles. The average molecular weight is 654 g/mol. The molecule has 41 heavy (non-hydrogen) atoms. The van der Waals surface area contributed by atoms with E-state index in [2.05, 4.69) is 15.9 Å². The van der Waals surface area contributed by atoms with Crippen molar-refractivity contribution in [3.05, 3.63) is 82.3 Å². The monoisotopic (exact) mass is 652 g/mol. The zero-order valence-electron chi connectivity index (χ0n) is 21.7. The number of alkyl halides is 2. The molecule has 0 radical (unpaired) electrons. The largest absolute Gasteiger partial charge is 0.507 e. The number of amides is 4. The molecule has 3 fully saturated rings. The molecule has 0 spiro atoms. The van der Waals surface area contributed by atoms with Crippen LogP contribution in [-0.4, -0.2) is 50.4 Å². The maximum absolute atomic E-state index is 14.1. The lowest BCUT2D eigenvalue weighted by Crippen LogP contribution is -2.60. The Bertz CT molecular complexity index is 1740. The van der Waals surface area contributed by atoms with Crippen LogP contribution in [0, 0.1) is 17.8 Å². The molecular formula is C31H23BrCl2N2O5. The molecule has 3 aromatic carbocycles. The Morgan fingerprint density at radius 3 is 2.27 bits per heavy atom. The quantitative estimate of drug-likeness (QED) is 0.224. The summed E-state index contributed by atoms with van der Waals surface area (Å²) >= 11 is 17.9. The summed E-state index contributed by atoms with van der Waals surface area (Å²) in [6, 6.07) is 17.4.